The molecule has 2 aliphatic heterocycles. The fourth-order valence-electron chi connectivity index (χ4n) is 4.65. The van der Waals surface area contributed by atoms with Crippen LogP contribution in [-0.2, 0) is 4.43 Å². The molecule has 122 valence electrons. The molecular weight excluding hydrogens is 278 g/mol. The predicted molar refractivity (Wildman–Crippen MR) is 91.0 cm³/mol. The van der Waals surface area contributed by atoms with Crippen molar-refractivity contribution in [1.82, 2.24) is 4.90 Å². The Hall–Kier alpha value is -0.163. The number of aliphatic hydroxyl groups excluding tert-OH is 1. The zero-order valence-electron chi connectivity index (χ0n) is 14.5. The van der Waals surface area contributed by atoms with Crippen molar-refractivity contribution >= 4 is 8.32 Å². The maximum Gasteiger partial charge on any atom is 0.200 e. The summed E-state index contributed by atoms with van der Waals surface area (Å²) in [4.78, 5) is 2.38. The lowest BCUT2D eigenvalue weighted by Gasteiger charge is -2.45. The van der Waals surface area contributed by atoms with E-state index in [4.69, 9.17) is 4.43 Å². The first-order chi connectivity index (χ1) is 9.79. The summed E-state index contributed by atoms with van der Waals surface area (Å²) in [6, 6.07) is 0.372. The minimum atomic E-state index is -1.81. The van der Waals surface area contributed by atoms with Crippen LogP contribution in [0.5, 0.6) is 0 Å². The summed E-state index contributed by atoms with van der Waals surface area (Å²) in [5.74, 6) is 0. The Balaban J connectivity index is 2.20. The second kappa shape index (κ2) is 6.53. The minimum absolute atomic E-state index is 0.303. The van der Waals surface area contributed by atoms with Gasteiger partial charge in [-0.1, -0.05) is 53.7 Å². The molecule has 2 aliphatic rings. The maximum absolute atomic E-state index is 9.78. The zero-order chi connectivity index (χ0) is 15.8. The molecule has 4 heteroatoms. The van der Waals surface area contributed by atoms with Crippen molar-refractivity contribution in [3.05, 3.63) is 12.2 Å². The molecule has 1 N–H and O–H groups in total. The molecule has 0 radical (unpaired) electrons. The molecule has 0 aliphatic carbocycles. The molecule has 2 rings (SSSR count). The van der Waals surface area contributed by atoms with E-state index in [9.17, 15) is 5.11 Å². The van der Waals surface area contributed by atoms with Crippen molar-refractivity contribution in [3.63, 3.8) is 0 Å². The van der Waals surface area contributed by atoms with E-state index in [0.29, 0.717) is 28.8 Å². The number of hydrogen-bond acceptors (Lipinski definition) is 3. The summed E-state index contributed by atoms with van der Waals surface area (Å²) >= 11 is 0. The highest BCUT2D eigenvalue weighted by atomic mass is 28.4. The molecule has 1 saturated heterocycles. The van der Waals surface area contributed by atoms with Gasteiger partial charge in [-0.25, -0.2) is 0 Å². The fraction of sp³-hybridized carbons (Fsp3) is 0.882. The van der Waals surface area contributed by atoms with Crippen molar-refractivity contribution in [2.24, 2.45) is 0 Å². The Morgan fingerprint density at radius 3 is 2.14 bits per heavy atom. The predicted octanol–water partition coefficient (Wildman–Crippen LogP) is 3.55. The van der Waals surface area contributed by atoms with Gasteiger partial charge in [-0.15, -0.1) is 0 Å². The summed E-state index contributed by atoms with van der Waals surface area (Å²) in [5.41, 5.74) is 1.89. The number of aliphatic hydroxyl groups is 1. The van der Waals surface area contributed by atoms with Crippen LogP contribution in [0, 0.1) is 0 Å². The van der Waals surface area contributed by atoms with E-state index < -0.39 is 8.32 Å². The monoisotopic (exact) mass is 311 g/mol. The Bertz CT molecular complexity index is 359. The van der Waals surface area contributed by atoms with Crippen molar-refractivity contribution < 1.29 is 9.53 Å². The van der Waals surface area contributed by atoms with Gasteiger partial charge in [0, 0.05) is 13.1 Å². The van der Waals surface area contributed by atoms with E-state index in [1.807, 2.05) is 6.08 Å². The molecule has 3 nitrogen and oxygen atoms in total. The van der Waals surface area contributed by atoms with Gasteiger partial charge in [-0.3, -0.25) is 4.90 Å². The van der Waals surface area contributed by atoms with E-state index in [1.165, 1.54) is 0 Å². The lowest BCUT2D eigenvalue weighted by atomic mass is 10.1. The summed E-state index contributed by atoms with van der Waals surface area (Å²) in [7, 11) is -1.81. The summed E-state index contributed by atoms with van der Waals surface area (Å²) in [6.45, 7) is 15.9. The highest BCUT2D eigenvalue weighted by molar-refractivity contribution is 6.77. The largest absolute Gasteiger partial charge is 0.411 e. The Labute approximate surface area is 131 Å². The summed E-state index contributed by atoms with van der Waals surface area (Å²) in [5, 5.41) is 9.78. The van der Waals surface area contributed by atoms with E-state index in [1.54, 1.807) is 0 Å². The third-order valence-electron chi connectivity index (χ3n) is 5.52. The highest BCUT2D eigenvalue weighted by Crippen LogP contribution is 2.44. The highest BCUT2D eigenvalue weighted by Gasteiger charge is 2.49. The lowest BCUT2D eigenvalue weighted by molar-refractivity contribution is 0.0996. The molecule has 0 amide bonds. The van der Waals surface area contributed by atoms with Crippen LogP contribution in [-0.4, -0.2) is 49.7 Å². The molecule has 21 heavy (non-hydrogen) atoms. The first-order valence-corrected chi connectivity index (χ1v) is 10.7. The third-order valence-corrected chi connectivity index (χ3v) is 11.6. The van der Waals surface area contributed by atoms with Crippen LogP contribution in [0.4, 0.5) is 0 Å². The average Bonchev–Trinajstić information content (AvgIpc) is 2.76. The van der Waals surface area contributed by atoms with Gasteiger partial charge in [0.2, 0.25) is 8.32 Å². The van der Waals surface area contributed by atoms with E-state index in [0.717, 1.165) is 19.5 Å². The van der Waals surface area contributed by atoms with E-state index in [2.05, 4.69) is 52.5 Å². The normalized spacial score (nSPS) is 30.7. The van der Waals surface area contributed by atoms with Crippen molar-refractivity contribution in [2.75, 3.05) is 13.1 Å². The zero-order valence-corrected chi connectivity index (χ0v) is 15.5. The number of fused-ring (bicyclic) bond motifs is 1. The van der Waals surface area contributed by atoms with Gasteiger partial charge in [0.25, 0.3) is 0 Å². The average molecular weight is 312 g/mol. The first-order valence-electron chi connectivity index (χ1n) is 8.57. The molecule has 0 unspecified atom stereocenters. The van der Waals surface area contributed by atoms with Crippen molar-refractivity contribution in [3.8, 4) is 0 Å². The minimum Gasteiger partial charge on any atom is -0.411 e. The van der Waals surface area contributed by atoms with Gasteiger partial charge < -0.3 is 9.53 Å². The molecule has 0 spiro atoms. The van der Waals surface area contributed by atoms with Crippen LogP contribution >= 0.6 is 0 Å². The van der Waals surface area contributed by atoms with Crippen molar-refractivity contribution in [2.45, 2.75) is 82.8 Å². The SMILES string of the molecule is CC(C)[Si](O[C@@H]1CCN2C[C@@H](O)C=C[C@@H]12)(C(C)C)C(C)C. The molecule has 0 aromatic rings. The van der Waals surface area contributed by atoms with Gasteiger partial charge in [0.1, 0.15) is 0 Å². The smallest absolute Gasteiger partial charge is 0.200 e. The quantitative estimate of drug-likeness (QED) is 0.622. The molecule has 1 fully saturated rings. The van der Waals surface area contributed by atoms with Crippen LogP contribution < -0.4 is 0 Å². The van der Waals surface area contributed by atoms with Gasteiger partial charge >= 0.3 is 0 Å². The third kappa shape index (κ3) is 3.14. The standard InChI is InChI=1S/C17H33NO2Si/c1-12(2)21(13(3)4,14(5)6)20-17-9-10-18-11-15(19)7-8-16(17)18/h7-8,12-17,19H,9-11H2,1-6H3/t15-,16-,17+/m0/s1. The molecule has 3 atom stereocenters. The van der Waals surface area contributed by atoms with Crippen LogP contribution in [0.15, 0.2) is 12.2 Å². The second-order valence-corrected chi connectivity index (χ2v) is 13.1. The molecular formula is C17H33NO2Si. The van der Waals surface area contributed by atoms with Crippen LogP contribution in [0.3, 0.4) is 0 Å². The molecule has 2 heterocycles. The Morgan fingerprint density at radius 1 is 1.05 bits per heavy atom. The lowest BCUT2D eigenvalue weighted by Crippen LogP contribution is -2.53. The number of nitrogens with zero attached hydrogens (tertiary/aromatic N) is 1. The van der Waals surface area contributed by atoms with E-state index in [-0.39, 0.29) is 6.10 Å². The summed E-state index contributed by atoms with van der Waals surface area (Å²) in [6.07, 6.45) is 5.23. The molecule has 0 aromatic carbocycles. The molecule has 0 saturated carbocycles. The number of rotatable bonds is 5. The van der Waals surface area contributed by atoms with Gasteiger partial charge in [0.05, 0.1) is 18.2 Å². The molecule has 0 bridgehead atoms. The van der Waals surface area contributed by atoms with Crippen LogP contribution in [0.1, 0.15) is 48.0 Å². The van der Waals surface area contributed by atoms with Crippen molar-refractivity contribution in [1.29, 1.82) is 0 Å². The van der Waals surface area contributed by atoms with Gasteiger partial charge in [-0.2, -0.15) is 0 Å². The topological polar surface area (TPSA) is 32.7 Å². The van der Waals surface area contributed by atoms with Gasteiger partial charge in [0.15, 0.2) is 0 Å². The molecule has 0 aromatic heterocycles. The maximum atomic E-state index is 9.78. The second-order valence-electron chi connectivity index (χ2n) is 7.70. The summed E-state index contributed by atoms with van der Waals surface area (Å²) < 4.78 is 6.95. The first kappa shape index (κ1) is 17.2. The van der Waals surface area contributed by atoms with Crippen LogP contribution in [0.2, 0.25) is 16.6 Å². The van der Waals surface area contributed by atoms with E-state index >= 15 is 0 Å². The van der Waals surface area contributed by atoms with Gasteiger partial charge in [-0.05, 0) is 23.0 Å². The number of hydrogen-bond donors (Lipinski definition) is 1. The Morgan fingerprint density at radius 2 is 1.62 bits per heavy atom. The van der Waals surface area contributed by atoms with Crippen LogP contribution in [0.25, 0.3) is 0 Å². The fourth-order valence-corrected chi connectivity index (χ4v) is 10.2. The Kier molecular flexibility index (Phi) is 5.34.